The van der Waals surface area contributed by atoms with E-state index in [1.54, 1.807) is 12.1 Å². The molecule has 5 heteroatoms. The van der Waals surface area contributed by atoms with Crippen LogP contribution in [0.5, 0.6) is 11.5 Å². The number of hydrogen-bond acceptors (Lipinski definition) is 5. The van der Waals surface area contributed by atoms with Gasteiger partial charge in [0.05, 0.1) is 0 Å². The fraction of sp³-hybridized carbons (Fsp3) is 0.276. The van der Waals surface area contributed by atoms with Gasteiger partial charge in [-0.2, -0.15) is 0 Å². The smallest absolute Gasteiger partial charge is 0.339 e. The molecule has 1 saturated heterocycles. The molecule has 0 amide bonds. The number of likely N-dealkylation sites (tertiary alicyclic amines) is 1. The summed E-state index contributed by atoms with van der Waals surface area (Å²) in [4.78, 5) is 15.0. The highest BCUT2D eigenvalue weighted by Gasteiger charge is 2.20. The molecule has 34 heavy (non-hydrogen) atoms. The molecule has 0 radical (unpaired) electrons. The molecule has 5 rings (SSSR count). The molecule has 3 aromatic carbocycles. The zero-order valence-electron chi connectivity index (χ0n) is 19.4. The molecule has 1 aliphatic heterocycles. The summed E-state index contributed by atoms with van der Waals surface area (Å²) in [5, 5.41) is 10.4. The molecule has 0 bridgehead atoms. The Morgan fingerprint density at radius 1 is 0.971 bits per heavy atom. The molecule has 5 nitrogen and oxygen atoms in total. The van der Waals surface area contributed by atoms with Gasteiger partial charge >= 0.3 is 5.63 Å². The fourth-order valence-electron chi connectivity index (χ4n) is 4.66. The average Bonchev–Trinajstić information content (AvgIpc) is 2.86. The number of hydrogen-bond donors (Lipinski definition) is 1. The first-order valence-corrected chi connectivity index (χ1v) is 11.9. The van der Waals surface area contributed by atoms with E-state index in [0.29, 0.717) is 17.6 Å². The number of nitrogens with zero attached hydrogens (tertiary/aromatic N) is 1. The number of phenols is 1. The number of piperidine rings is 1. The van der Waals surface area contributed by atoms with Crippen LogP contribution in [0.4, 0.5) is 0 Å². The summed E-state index contributed by atoms with van der Waals surface area (Å²) >= 11 is 0. The van der Waals surface area contributed by atoms with E-state index in [-0.39, 0.29) is 12.0 Å². The van der Waals surface area contributed by atoms with Crippen LogP contribution >= 0.6 is 0 Å². The number of aromatic hydroxyl groups is 1. The maximum atomic E-state index is 12.6. The molecule has 0 saturated carbocycles. The van der Waals surface area contributed by atoms with Crippen molar-refractivity contribution in [1.82, 2.24) is 4.90 Å². The lowest BCUT2D eigenvalue weighted by Gasteiger charge is -2.32. The summed E-state index contributed by atoms with van der Waals surface area (Å²) in [6.07, 6.45) is 4.16. The number of phenolic OH excluding ortho intramolecular Hbond substituents is 1. The SMILES string of the molecule is CC(Oc1ccc(Cc2cc3ccc(O)cc3oc2=O)cc1-c1ccccc1)N1CCCCC1. The molecule has 174 valence electrons. The summed E-state index contributed by atoms with van der Waals surface area (Å²) in [5.74, 6) is 0.916. The van der Waals surface area contributed by atoms with Gasteiger partial charge in [-0.1, -0.05) is 42.8 Å². The predicted octanol–water partition coefficient (Wildman–Crippen LogP) is 5.97. The second kappa shape index (κ2) is 9.74. The Kier molecular flexibility index (Phi) is 6.37. The van der Waals surface area contributed by atoms with Crippen molar-refractivity contribution in [3.05, 3.63) is 94.3 Å². The topological polar surface area (TPSA) is 62.9 Å². The molecule has 1 aromatic heterocycles. The van der Waals surface area contributed by atoms with Gasteiger partial charge < -0.3 is 14.3 Å². The van der Waals surface area contributed by atoms with Crippen LogP contribution in [-0.4, -0.2) is 29.3 Å². The van der Waals surface area contributed by atoms with Gasteiger partial charge in [-0.05, 0) is 61.2 Å². The average molecular weight is 456 g/mol. The van der Waals surface area contributed by atoms with E-state index in [4.69, 9.17) is 9.15 Å². The molecule has 2 heterocycles. The standard InChI is InChI=1S/C29H29NO4/c1-20(30-14-6-3-7-15-30)33-27-13-10-21(17-26(27)22-8-4-2-5-9-22)16-24-18-23-11-12-25(31)19-28(23)34-29(24)32/h2,4-5,8-13,17-20,31H,3,6-7,14-16H2,1H3. The van der Waals surface area contributed by atoms with Gasteiger partial charge in [0.2, 0.25) is 0 Å². The molecule has 0 spiro atoms. The third-order valence-corrected chi connectivity index (χ3v) is 6.52. The first-order valence-electron chi connectivity index (χ1n) is 11.9. The second-order valence-electron chi connectivity index (χ2n) is 8.97. The van der Waals surface area contributed by atoms with Crippen molar-refractivity contribution in [2.24, 2.45) is 0 Å². The lowest BCUT2D eigenvalue weighted by Crippen LogP contribution is -2.40. The summed E-state index contributed by atoms with van der Waals surface area (Å²) in [5.41, 5.74) is 3.66. The number of benzene rings is 3. The van der Waals surface area contributed by atoms with Gasteiger partial charge in [-0.25, -0.2) is 4.79 Å². The molecule has 1 N–H and O–H groups in total. The van der Waals surface area contributed by atoms with Gasteiger partial charge in [0.1, 0.15) is 23.3 Å². The lowest BCUT2D eigenvalue weighted by molar-refractivity contribution is 0.0266. The van der Waals surface area contributed by atoms with Crippen LogP contribution < -0.4 is 10.4 Å². The molecular formula is C29H29NO4. The Morgan fingerprint density at radius 3 is 2.56 bits per heavy atom. The summed E-state index contributed by atoms with van der Waals surface area (Å²) in [7, 11) is 0. The highest BCUT2D eigenvalue weighted by atomic mass is 16.5. The quantitative estimate of drug-likeness (QED) is 0.363. The lowest BCUT2D eigenvalue weighted by atomic mass is 9.98. The number of ether oxygens (including phenoxy) is 1. The Labute approximate surface area is 199 Å². The Morgan fingerprint density at radius 2 is 1.76 bits per heavy atom. The first kappa shape index (κ1) is 22.2. The zero-order chi connectivity index (χ0) is 23.5. The van der Waals surface area contributed by atoms with Crippen LogP contribution in [0.25, 0.3) is 22.1 Å². The van der Waals surface area contributed by atoms with E-state index >= 15 is 0 Å². The first-order chi connectivity index (χ1) is 16.6. The third-order valence-electron chi connectivity index (χ3n) is 6.52. The van der Waals surface area contributed by atoms with Gasteiger partial charge in [0, 0.05) is 42.1 Å². The van der Waals surface area contributed by atoms with Crippen LogP contribution in [0, 0.1) is 0 Å². The van der Waals surface area contributed by atoms with Crippen LogP contribution in [0.1, 0.15) is 37.3 Å². The highest BCUT2D eigenvalue weighted by molar-refractivity contribution is 5.78. The second-order valence-corrected chi connectivity index (χ2v) is 8.97. The number of rotatable bonds is 6. The van der Waals surface area contributed by atoms with Gasteiger partial charge in [-0.15, -0.1) is 0 Å². The van der Waals surface area contributed by atoms with Crippen molar-refractivity contribution in [3.8, 4) is 22.6 Å². The van der Waals surface area contributed by atoms with Crippen molar-refractivity contribution in [1.29, 1.82) is 0 Å². The molecule has 1 atom stereocenters. The van der Waals surface area contributed by atoms with Crippen LogP contribution in [0.15, 0.2) is 82.0 Å². The fourth-order valence-corrected chi connectivity index (χ4v) is 4.66. The van der Waals surface area contributed by atoms with Gasteiger partial charge in [0.25, 0.3) is 0 Å². The Balaban J connectivity index is 1.47. The minimum absolute atomic E-state index is 0.00226. The molecule has 1 aliphatic rings. The zero-order valence-corrected chi connectivity index (χ0v) is 19.4. The minimum atomic E-state index is -0.390. The molecule has 1 fully saturated rings. The van der Waals surface area contributed by atoms with Gasteiger partial charge in [0.15, 0.2) is 0 Å². The normalized spacial score (nSPS) is 15.3. The predicted molar refractivity (Wildman–Crippen MR) is 134 cm³/mol. The van der Waals surface area contributed by atoms with E-state index < -0.39 is 5.63 Å². The summed E-state index contributed by atoms with van der Waals surface area (Å²) in [6, 6.07) is 23.0. The largest absolute Gasteiger partial charge is 0.508 e. The van der Waals surface area contributed by atoms with Crippen LogP contribution in [0.3, 0.4) is 0 Å². The van der Waals surface area contributed by atoms with E-state index in [1.807, 2.05) is 36.4 Å². The summed E-state index contributed by atoms with van der Waals surface area (Å²) < 4.78 is 11.9. The van der Waals surface area contributed by atoms with Crippen molar-refractivity contribution >= 4 is 11.0 Å². The maximum absolute atomic E-state index is 12.6. The monoisotopic (exact) mass is 455 g/mol. The van der Waals surface area contributed by atoms with E-state index in [9.17, 15) is 9.90 Å². The van der Waals surface area contributed by atoms with Crippen LogP contribution in [0.2, 0.25) is 0 Å². The molecular weight excluding hydrogens is 426 g/mol. The van der Waals surface area contributed by atoms with E-state index in [2.05, 4.69) is 30.0 Å². The molecule has 1 unspecified atom stereocenters. The minimum Gasteiger partial charge on any atom is -0.508 e. The van der Waals surface area contributed by atoms with Gasteiger partial charge in [-0.3, -0.25) is 4.90 Å². The maximum Gasteiger partial charge on any atom is 0.339 e. The molecule has 4 aromatic rings. The highest BCUT2D eigenvalue weighted by Crippen LogP contribution is 2.33. The van der Waals surface area contributed by atoms with E-state index in [1.165, 1.54) is 25.3 Å². The number of fused-ring (bicyclic) bond motifs is 1. The Hall–Kier alpha value is -3.57. The van der Waals surface area contributed by atoms with Crippen molar-refractivity contribution in [2.45, 2.75) is 38.8 Å². The Bertz CT molecular complexity index is 1340. The van der Waals surface area contributed by atoms with Crippen molar-refractivity contribution < 1.29 is 14.3 Å². The molecule has 0 aliphatic carbocycles. The van der Waals surface area contributed by atoms with Crippen molar-refractivity contribution in [2.75, 3.05) is 13.1 Å². The summed E-state index contributed by atoms with van der Waals surface area (Å²) in [6.45, 7) is 4.25. The third kappa shape index (κ3) is 4.85. The van der Waals surface area contributed by atoms with Crippen LogP contribution in [-0.2, 0) is 6.42 Å². The van der Waals surface area contributed by atoms with Crippen molar-refractivity contribution in [3.63, 3.8) is 0 Å². The van der Waals surface area contributed by atoms with E-state index in [0.717, 1.165) is 40.9 Å².